The molecule has 0 aliphatic rings. The van der Waals surface area contributed by atoms with Gasteiger partial charge in [0.25, 0.3) is 0 Å². The molecule has 0 fully saturated rings. The van der Waals surface area contributed by atoms with Crippen molar-refractivity contribution in [2.24, 2.45) is 0 Å². The van der Waals surface area contributed by atoms with Gasteiger partial charge in [-0.2, -0.15) is 0 Å². The fraction of sp³-hybridized carbons (Fsp3) is 0.250. The molecule has 0 unspecified atom stereocenters. The first-order valence-electron chi connectivity index (χ1n) is 1.87. The Morgan fingerprint density at radius 1 is 1.75 bits per heavy atom. The molecule has 0 saturated heterocycles. The van der Waals surface area contributed by atoms with Gasteiger partial charge in [-0.25, -0.2) is 4.79 Å². The maximum absolute atomic E-state index is 10.0. The quantitative estimate of drug-likeness (QED) is 0.301. The van der Waals surface area contributed by atoms with E-state index in [0.717, 1.165) is 5.37 Å². The molecule has 0 aliphatic heterocycles. The molecule has 0 aromatic rings. The van der Waals surface area contributed by atoms with E-state index >= 15 is 0 Å². The minimum atomic E-state index is -0.646. The van der Waals surface area contributed by atoms with Gasteiger partial charge < -0.3 is 4.74 Å². The zero-order valence-corrected chi connectivity index (χ0v) is 4.81. The summed E-state index contributed by atoms with van der Waals surface area (Å²) in [5.74, 6) is -0.646. The first-order valence-corrected chi connectivity index (χ1v) is 2.34. The van der Waals surface area contributed by atoms with Crippen LogP contribution in [0, 0.1) is 0 Å². The molecule has 4 heteroatoms. The second-order valence-electron chi connectivity index (χ2n) is 0.915. The molecule has 0 rings (SSSR count). The number of carbonyl (C=O) groups is 2. The summed E-state index contributed by atoms with van der Waals surface area (Å²) in [4.78, 5) is 19.5. The van der Waals surface area contributed by atoms with Gasteiger partial charge in [0.05, 0.1) is 5.37 Å². The van der Waals surface area contributed by atoms with E-state index in [2.05, 4.69) is 17.0 Å². The second-order valence-corrected chi connectivity index (χ2v) is 1.15. The van der Waals surface area contributed by atoms with Crippen molar-refractivity contribution in [1.82, 2.24) is 0 Å². The fourth-order valence-electron chi connectivity index (χ4n) is 0.150. The highest BCUT2D eigenvalue weighted by molar-refractivity contribution is 7.80. The molecular formula is C4H4O3S. The maximum Gasteiger partial charge on any atom is 0.342 e. The van der Waals surface area contributed by atoms with Crippen LogP contribution >= 0.6 is 12.2 Å². The Bertz CT molecular complexity index is 110. The summed E-state index contributed by atoms with van der Waals surface area (Å²) in [6.45, 7) is -0.216. The van der Waals surface area contributed by atoms with E-state index in [1.54, 1.807) is 0 Å². The van der Waals surface area contributed by atoms with Gasteiger partial charge in [-0.05, 0) is 0 Å². The number of hydrogen-bond acceptors (Lipinski definition) is 4. The highest BCUT2D eigenvalue weighted by atomic mass is 32.1. The lowest BCUT2D eigenvalue weighted by Gasteiger charge is -1.89. The van der Waals surface area contributed by atoms with Crippen molar-refractivity contribution in [3.05, 3.63) is 0 Å². The van der Waals surface area contributed by atoms with E-state index < -0.39 is 5.97 Å². The highest BCUT2D eigenvalue weighted by Crippen LogP contribution is 1.69. The number of carbonyl (C=O) groups excluding carboxylic acids is 2. The predicted molar refractivity (Wildman–Crippen MR) is 30.7 cm³/mol. The number of ether oxygens (including phenoxy) is 1. The molecule has 0 aromatic carbocycles. The van der Waals surface area contributed by atoms with Gasteiger partial charge in [0.1, 0.15) is 6.61 Å². The van der Waals surface area contributed by atoms with Crippen LogP contribution in [-0.2, 0) is 14.3 Å². The lowest BCUT2D eigenvalue weighted by atomic mass is 10.7. The fourth-order valence-corrected chi connectivity index (χ4v) is 0.218. The Morgan fingerprint density at radius 3 is 2.75 bits per heavy atom. The molecule has 44 valence electrons. The number of rotatable bonds is 3. The second kappa shape index (κ2) is 4.39. The average molecular weight is 132 g/mol. The molecule has 0 bridgehead atoms. The number of hydrogen-bond donors (Lipinski definition) is 0. The first-order chi connectivity index (χ1) is 3.81. The van der Waals surface area contributed by atoms with Gasteiger partial charge >= 0.3 is 5.97 Å². The third-order valence-corrected chi connectivity index (χ3v) is 0.582. The van der Waals surface area contributed by atoms with E-state index in [0.29, 0.717) is 6.29 Å². The largest absolute Gasteiger partial charge is 0.454 e. The van der Waals surface area contributed by atoms with Crippen LogP contribution in [0.2, 0.25) is 0 Å². The van der Waals surface area contributed by atoms with E-state index in [9.17, 15) is 9.59 Å². The molecule has 0 atom stereocenters. The van der Waals surface area contributed by atoms with Gasteiger partial charge in [-0.15, -0.1) is 0 Å². The third kappa shape index (κ3) is 3.42. The summed E-state index contributed by atoms with van der Waals surface area (Å²) in [7, 11) is 0. The molecule has 3 nitrogen and oxygen atoms in total. The van der Waals surface area contributed by atoms with Crippen molar-refractivity contribution in [1.29, 1.82) is 0 Å². The molecule has 0 amide bonds. The van der Waals surface area contributed by atoms with Crippen LogP contribution < -0.4 is 0 Å². The predicted octanol–water partition coefficient (Wildman–Crippen LogP) is -0.272. The Hall–Kier alpha value is -0.770. The number of esters is 1. The molecule has 0 spiro atoms. The van der Waals surface area contributed by atoms with E-state index in [1.807, 2.05) is 0 Å². The van der Waals surface area contributed by atoms with Crippen molar-refractivity contribution in [3.63, 3.8) is 0 Å². The van der Waals surface area contributed by atoms with Crippen molar-refractivity contribution in [2.45, 2.75) is 0 Å². The summed E-state index contributed by atoms with van der Waals surface area (Å²) in [6.07, 6.45) is 0.483. The molecule has 0 aliphatic carbocycles. The Labute approximate surface area is 51.6 Å². The summed E-state index contributed by atoms with van der Waals surface area (Å²) < 4.78 is 4.17. The average Bonchev–Trinajstić information content (AvgIpc) is 1.83. The zero-order chi connectivity index (χ0) is 6.41. The van der Waals surface area contributed by atoms with Crippen molar-refractivity contribution >= 4 is 29.8 Å². The van der Waals surface area contributed by atoms with Crippen molar-refractivity contribution in [3.8, 4) is 0 Å². The molecule has 0 aromatic heterocycles. The lowest BCUT2D eigenvalue weighted by Crippen LogP contribution is -2.05. The van der Waals surface area contributed by atoms with Gasteiger partial charge in [0, 0.05) is 0 Å². The minimum absolute atomic E-state index is 0.216. The smallest absolute Gasteiger partial charge is 0.342 e. The molecule has 0 heterocycles. The molecule has 0 radical (unpaired) electrons. The monoisotopic (exact) mass is 132 g/mol. The standard InChI is InChI=1S/C4H4O3S/c5-1-2-7-4(6)3-8/h1,3H,2H2. The summed E-state index contributed by atoms with van der Waals surface area (Å²) in [5.41, 5.74) is 0. The normalized spacial score (nSPS) is 7.50. The van der Waals surface area contributed by atoms with Crippen molar-refractivity contribution in [2.75, 3.05) is 6.61 Å². The lowest BCUT2D eigenvalue weighted by molar-refractivity contribution is -0.137. The van der Waals surface area contributed by atoms with E-state index in [1.165, 1.54) is 0 Å². The van der Waals surface area contributed by atoms with Crippen LogP contribution in [0.3, 0.4) is 0 Å². The summed E-state index contributed by atoms with van der Waals surface area (Å²) >= 11 is 4.17. The SMILES string of the molecule is O=CCOC(=O)C=S. The Morgan fingerprint density at radius 2 is 2.38 bits per heavy atom. The molecular weight excluding hydrogens is 128 g/mol. The van der Waals surface area contributed by atoms with Crippen LogP contribution in [0.4, 0.5) is 0 Å². The molecule has 0 N–H and O–H groups in total. The van der Waals surface area contributed by atoms with Gasteiger partial charge in [0.2, 0.25) is 0 Å². The van der Waals surface area contributed by atoms with Gasteiger partial charge in [-0.1, -0.05) is 12.2 Å². The van der Waals surface area contributed by atoms with Gasteiger partial charge in [0.15, 0.2) is 6.29 Å². The van der Waals surface area contributed by atoms with Crippen LogP contribution in [0.15, 0.2) is 0 Å². The van der Waals surface area contributed by atoms with Crippen LogP contribution in [-0.4, -0.2) is 24.2 Å². The summed E-state index contributed by atoms with van der Waals surface area (Å²) in [6, 6.07) is 0. The highest BCUT2D eigenvalue weighted by Gasteiger charge is 1.91. The van der Waals surface area contributed by atoms with Gasteiger partial charge in [-0.3, -0.25) is 4.79 Å². The number of aldehydes is 1. The molecule has 8 heavy (non-hydrogen) atoms. The Kier molecular flexibility index (Phi) is 3.97. The minimum Gasteiger partial charge on any atom is -0.454 e. The van der Waals surface area contributed by atoms with E-state index in [-0.39, 0.29) is 6.61 Å². The van der Waals surface area contributed by atoms with Crippen LogP contribution in [0.1, 0.15) is 0 Å². The number of thiocarbonyl (C=S) groups is 1. The first kappa shape index (κ1) is 7.23. The topological polar surface area (TPSA) is 43.4 Å². The molecule has 0 saturated carbocycles. The zero-order valence-electron chi connectivity index (χ0n) is 3.99. The van der Waals surface area contributed by atoms with Crippen molar-refractivity contribution < 1.29 is 14.3 Å². The summed E-state index contributed by atoms with van der Waals surface area (Å²) in [5, 5.41) is 0.837. The van der Waals surface area contributed by atoms with Crippen LogP contribution in [0.25, 0.3) is 0 Å². The third-order valence-electron chi connectivity index (χ3n) is 0.390. The Balaban J connectivity index is 3.24. The maximum atomic E-state index is 10.0. The van der Waals surface area contributed by atoms with E-state index in [4.69, 9.17) is 0 Å². The van der Waals surface area contributed by atoms with Crippen LogP contribution in [0.5, 0.6) is 0 Å².